The van der Waals surface area contributed by atoms with Crippen molar-refractivity contribution in [3.63, 3.8) is 0 Å². The molecule has 2 fully saturated rings. The number of alkyl halides is 2. The summed E-state index contributed by atoms with van der Waals surface area (Å²) in [6, 6.07) is -1.06. The summed E-state index contributed by atoms with van der Waals surface area (Å²) >= 11 is 0. The standard InChI is InChI=1S/C11H17F2NO2/c1-7-6-8(7)10(15)14-9-2-4-16-5-3-11(9,12)13/h7-9H,2-6H2,1H3,(H,14,15). The fourth-order valence-corrected chi connectivity index (χ4v) is 2.04. The molecule has 5 heteroatoms. The zero-order chi connectivity index (χ0) is 11.8. The lowest BCUT2D eigenvalue weighted by molar-refractivity contribution is -0.127. The predicted molar refractivity (Wildman–Crippen MR) is 54.2 cm³/mol. The molecule has 1 saturated carbocycles. The van der Waals surface area contributed by atoms with Crippen LogP contribution < -0.4 is 5.32 Å². The summed E-state index contributed by atoms with van der Waals surface area (Å²) in [5.41, 5.74) is 0. The van der Waals surface area contributed by atoms with Gasteiger partial charge < -0.3 is 10.1 Å². The Hall–Kier alpha value is -0.710. The normalized spacial score (nSPS) is 37.6. The second-order valence-electron chi connectivity index (χ2n) is 4.79. The van der Waals surface area contributed by atoms with E-state index in [-0.39, 0.29) is 31.3 Å². The van der Waals surface area contributed by atoms with E-state index in [0.29, 0.717) is 12.5 Å². The molecule has 3 atom stereocenters. The van der Waals surface area contributed by atoms with E-state index in [4.69, 9.17) is 4.74 Å². The Bertz CT molecular complexity index is 283. The number of rotatable bonds is 2. The number of carbonyl (C=O) groups is 1. The van der Waals surface area contributed by atoms with Gasteiger partial charge in [-0.15, -0.1) is 0 Å². The maximum absolute atomic E-state index is 13.6. The highest BCUT2D eigenvalue weighted by Gasteiger charge is 2.45. The van der Waals surface area contributed by atoms with Gasteiger partial charge in [-0.2, -0.15) is 0 Å². The molecule has 0 aromatic heterocycles. The third kappa shape index (κ3) is 2.51. The fraction of sp³-hybridized carbons (Fsp3) is 0.909. The molecule has 1 N–H and O–H groups in total. The number of nitrogens with one attached hydrogen (secondary N) is 1. The highest BCUT2D eigenvalue weighted by Crippen LogP contribution is 2.38. The molecule has 3 nitrogen and oxygen atoms in total. The number of carbonyl (C=O) groups excluding carboxylic acids is 1. The second kappa shape index (κ2) is 4.28. The first kappa shape index (κ1) is 11.8. The van der Waals surface area contributed by atoms with E-state index in [1.165, 1.54) is 0 Å². The average Bonchev–Trinajstić information content (AvgIpc) is 2.93. The van der Waals surface area contributed by atoms with Crippen LogP contribution >= 0.6 is 0 Å². The molecule has 0 bridgehead atoms. The highest BCUT2D eigenvalue weighted by atomic mass is 19.3. The lowest BCUT2D eigenvalue weighted by Gasteiger charge is -2.25. The molecular weight excluding hydrogens is 216 g/mol. The lowest BCUT2D eigenvalue weighted by atomic mass is 10.0. The quantitative estimate of drug-likeness (QED) is 0.786. The molecule has 1 amide bonds. The zero-order valence-corrected chi connectivity index (χ0v) is 9.34. The molecule has 1 aliphatic heterocycles. The molecule has 92 valence electrons. The molecule has 1 aliphatic carbocycles. The number of ether oxygens (including phenoxy) is 1. The second-order valence-corrected chi connectivity index (χ2v) is 4.79. The smallest absolute Gasteiger partial charge is 0.270 e. The molecule has 0 aromatic rings. The molecular formula is C11H17F2NO2. The number of amides is 1. The summed E-state index contributed by atoms with van der Waals surface area (Å²) in [6.45, 7) is 2.32. The summed E-state index contributed by atoms with van der Waals surface area (Å²) in [7, 11) is 0. The largest absolute Gasteiger partial charge is 0.381 e. The van der Waals surface area contributed by atoms with Crippen LogP contribution in [0, 0.1) is 11.8 Å². The molecule has 0 spiro atoms. The van der Waals surface area contributed by atoms with Crippen molar-refractivity contribution in [2.45, 2.75) is 38.2 Å². The van der Waals surface area contributed by atoms with Crippen LogP contribution in [-0.4, -0.2) is 31.1 Å². The Labute approximate surface area is 93.5 Å². The summed E-state index contributed by atoms with van der Waals surface area (Å²) in [4.78, 5) is 11.6. The van der Waals surface area contributed by atoms with E-state index in [0.717, 1.165) is 6.42 Å². The molecule has 2 aliphatic rings. The van der Waals surface area contributed by atoms with Gasteiger partial charge in [0.05, 0.1) is 12.6 Å². The average molecular weight is 233 g/mol. The molecule has 1 saturated heterocycles. The lowest BCUT2D eigenvalue weighted by Crippen LogP contribution is -2.48. The minimum Gasteiger partial charge on any atom is -0.381 e. The highest BCUT2D eigenvalue weighted by molar-refractivity contribution is 5.81. The van der Waals surface area contributed by atoms with Gasteiger partial charge in [0.15, 0.2) is 0 Å². The summed E-state index contributed by atoms with van der Waals surface area (Å²) < 4.78 is 32.2. The van der Waals surface area contributed by atoms with Gasteiger partial charge in [0.2, 0.25) is 5.91 Å². The SMILES string of the molecule is CC1CC1C(=O)NC1CCOCCC1(F)F. The monoisotopic (exact) mass is 233 g/mol. The minimum absolute atomic E-state index is 0.0556. The minimum atomic E-state index is -2.84. The van der Waals surface area contributed by atoms with Crippen LogP contribution in [0.25, 0.3) is 0 Å². The van der Waals surface area contributed by atoms with Crippen LogP contribution in [0.5, 0.6) is 0 Å². The fourth-order valence-electron chi connectivity index (χ4n) is 2.04. The number of halogens is 2. The van der Waals surface area contributed by atoms with Crippen LogP contribution in [0.4, 0.5) is 8.78 Å². The Morgan fingerprint density at radius 2 is 2.12 bits per heavy atom. The van der Waals surface area contributed by atoms with Gasteiger partial charge in [0, 0.05) is 18.9 Å². The molecule has 2 rings (SSSR count). The van der Waals surface area contributed by atoms with Crippen LogP contribution in [0.1, 0.15) is 26.2 Å². The van der Waals surface area contributed by atoms with Crippen molar-refractivity contribution in [2.24, 2.45) is 11.8 Å². The first-order chi connectivity index (χ1) is 7.50. The van der Waals surface area contributed by atoms with Gasteiger partial charge in [-0.05, 0) is 18.8 Å². The predicted octanol–water partition coefficient (Wildman–Crippen LogP) is 1.57. The van der Waals surface area contributed by atoms with Crippen molar-refractivity contribution in [1.82, 2.24) is 5.32 Å². The molecule has 1 heterocycles. The maximum Gasteiger partial charge on any atom is 0.270 e. The van der Waals surface area contributed by atoms with Crippen LogP contribution in [0.2, 0.25) is 0 Å². The summed E-state index contributed by atoms with van der Waals surface area (Å²) in [5, 5.41) is 2.47. The van der Waals surface area contributed by atoms with E-state index >= 15 is 0 Å². The van der Waals surface area contributed by atoms with Gasteiger partial charge in [0.1, 0.15) is 0 Å². The Balaban J connectivity index is 1.93. The van der Waals surface area contributed by atoms with E-state index < -0.39 is 12.0 Å². The van der Waals surface area contributed by atoms with E-state index in [1.807, 2.05) is 6.92 Å². The van der Waals surface area contributed by atoms with Crippen molar-refractivity contribution < 1.29 is 18.3 Å². The van der Waals surface area contributed by atoms with Crippen LogP contribution in [-0.2, 0) is 9.53 Å². The third-order valence-electron chi connectivity index (χ3n) is 3.40. The van der Waals surface area contributed by atoms with Crippen molar-refractivity contribution in [2.75, 3.05) is 13.2 Å². The first-order valence-corrected chi connectivity index (χ1v) is 5.76. The summed E-state index contributed by atoms with van der Waals surface area (Å²) in [5.74, 6) is -2.78. The van der Waals surface area contributed by atoms with Gasteiger partial charge in [-0.1, -0.05) is 6.92 Å². The van der Waals surface area contributed by atoms with Gasteiger partial charge >= 0.3 is 0 Å². The van der Waals surface area contributed by atoms with Crippen LogP contribution in [0.3, 0.4) is 0 Å². The Morgan fingerprint density at radius 1 is 1.44 bits per heavy atom. The number of hydrogen-bond acceptors (Lipinski definition) is 2. The molecule has 0 aromatic carbocycles. The summed E-state index contributed by atoms with van der Waals surface area (Å²) in [6.07, 6.45) is 0.707. The van der Waals surface area contributed by atoms with Crippen molar-refractivity contribution >= 4 is 5.91 Å². The molecule has 3 unspecified atom stereocenters. The third-order valence-corrected chi connectivity index (χ3v) is 3.40. The molecule has 16 heavy (non-hydrogen) atoms. The van der Waals surface area contributed by atoms with Crippen molar-refractivity contribution in [1.29, 1.82) is 0 Å². The van der Waals surface area contributed by atoms with Crippen molar-refractivity contribution in [3.8, 4) is 0 Å². The van der Waals surface area contributed by atoms with Crippen molar-refractivity contribution in [3.05, 3.63) is 0 Å². The van der Waals surface area contributed by atoms with E-state index in [1.54, 1.807) is 0 Å². The first-order valence-electron chi connectivity index (χ1n) is 5.76. The zero-order valence-electron chi connectivity index (χ0n) is 9.34. The van der Waals surface area contributed by atoms with E-state index in [2.05, 4.69) is 5.32 Å². The van der Waals surface area contributed by atoms with Crippen LogP contribution in [0.15, 0.2) is 0 Å². The van der Waals surface area contributed by atoms with Gasteiger partial charge in [0.25, 0.3) is 5.92 Å². The van der Waals surface area contributed by atoms with Gasteiger partial charge in [-0.25, -0.2) is 8.78 Å². The maximum atomic E-state index is 13.6. The van der Waals surface area contributed by atoms with Gasteiger partial charge in [-0.3, -0.25) is 4.79 Å². The van der Waals surface area contributed by atoms with E-state index in [9.17, 15) is 13.6 Å². The Morgan fingerprint density at radius 3 is 2.75 bits per heavy atom. The molecule has 0 radical (unpaired) electrons. The number of hydrogen-bond donors (Lipinski definition) is 1. The topological polar surface area (TPSA) is 38.3 Å². The Kier molecular flexibility index (Phi) is 3.15.